The average molecular weight is 412 g/mol. The molecule has 5 nitrogen and oxygen atoms in total. The highest BCUT2D eigenvalue weighted by molar-refractivity contribution is 5.69. The molecule has 0 bridgehead atoms. The van der Waals surface area contributed by atoms with Crippen LogP contribution < -0.4 is 10.6 Å². The summed E-state index contributed by atoms with van der Waals surface area (Å²) in [6.07, 6.45) is 4.10. The van der Waals surface area contributed by atoms with Crippen molar-refractivity contribution in [3.63, 3.8) is 0 Å². The third-order valence-electron chi connectivity index (χ3n) is 4.88. The summed E-state index contributed by atoms with van der Waals surface area (Å²) in [7, 11) is 0. The molecule has 3 rings (SSSR count). The fourth-order valence-corrected chi connectivity index (χ4v) is 3.47. The Kier molecular flexibility index (Phi) is 7.21. The predicted molar refractivity (Wildman–Crippen MR) is 118 cm³/mol. The van der Waals surface area contributed by atoms with E-state index in [0.717, 1.165) is 42.6 Å². The lowest BCUT2D eigenvalue weighted by Crippen LogP contribution is -2.34. The molecule has 0 aromatic heterocycles. The predicted octanol–water partition coefficient (Wildman–Crippen LogP) is 4.87. The van der Waals surface area contributed by atoms with E-state index in [2.05, 4.69) is 21.7 Å². The quantitative estimate of drug-likeness (QED) is 0.505. The van der Waals surface area contributed by atoms with Crippen LogP contribution in [0.2, 0.25) is 0 Å². The zero-order valence-corrected chi connectivity index (χ0v) is 17.9. The molecule has 1 aliphatic carbocycles. The highest BCUT2D eigenvalue weighted by atomic mass is 19.1. The second-order valence-electron chi connectivity index (χ2n) is 8.51. The Morgan fingerprint density at radius 1 is 1.23 bits per heavy atom. The maximum Gasteiger partial charge on any atom is 0.408 e. The number of aryl methyl sites for hydroxylation is 1. The molecule has 2 aromatic carbocycles. The van der Waals surface area contributed by atoms with Crippen LogP contribution in [-0.4, -0.2) is 31.0 Å². The van der Waals surface area contributed by atoms with E-state index in [1.54, 1.807) is 12.1 Å². The second kappa shape index (κ2) is 9.85. The smallest absolute Gasteiger partial charge is 0.408 e. The molecule has 1 amide bonds. The average Bonchev–Trinajstić information content (AvgIpc) is 3.06. The highest BCUT2D eigenvalue weighted by Gasteiger charge is 2.26. The van der Waals surface area contributed by atoms with Crippen molar-refractivity contribution in [2.24, 2.45) is 4.99 Å². The number of rotatable bonds is 7. The van der Waals surface area contributed by atoms with Gasteiger partial charge in [0.05, 0.1) is 11.7 Å². The second-order valence-corrected chi connectivity index (χ2v) is 8.51. The van der Waals surface area contributed by atoms with E-state index < -0.39 is 5.60 Å². The van der Waals surface area contributed by atoms with Gasteiger partial charge in [-0.05, 0) is 87.5 Å². The number of alkyl carbamates (subject to hydrolysis) is 1. The first-order valence-electron chi connectivity index (χ1n) is 10.4. The Hall–Kier alpha value is -2.73. The monoisotopic (exact) mass is 411 g/mol. The van der Waals surface area contributed by atoms with Gasteiger partial charge < -0.3 is 15.4 Å². The summed E-state index contributed by atoms with van der Waals surface area (Å²) in [5.41, 5.74) is 3.81. The molecule has 160 valence electrons. The number of nitrogens with one attached hydrogen (secondary N) is 2. The minimum absolute atomic E-state index is 0.0427. The number of benzene rings is 2. The first-order chi connectivity index (χ1) is 14.3. The lowest BCUT2D eigenvalue weighted by Gasteiger charge is -2.22. The van der Waals surface area contributed by atoms with Gasteiger partial charge in [-0.25, -0.2) is 9.18 Å². The van der Waals surface area contributed by atoms with E-state index in [-0.39, 0.29) is 18.0 Å². The molecule has 0 heterocycles. The van der Waals surface area contributed by atoms with E-state index in [0.29, 0.717) is 6.54 Å². The van der Waals surface area contributed by atoms with E-state index >= 15 is 0 Å². The van der Waals surface area contributed by atoms with Crippen molar-refractivity contribution in [1.29, 1.82) is 0 Å². The third-order valence-corrected chi connectivity index (χ3v) is 4.88. The summed E-state index contributed by atoms with van der Waals surface area (Å²) in [5.74, 6) is -0.211. The van der Waals surface area contributed by atoms with Crippen LogP contribution in [0.25, 0.3) is 0 Å². The molecule has 0 saturated carbocycles. The number of halogens is 1. The van der Waals surface area contributed by atoms with Crippen LogP contribution in [0.5, 0.6) is 0 Å². The van der Waals surface area contributed by atoms with Gasteiger partial charge in [0, 0.05) is 12.8 Å². The molecule has 2 N–H and O–H groups in total. The van der Waals surface area contributed by atoms with E-state index in [1.165, 1.54) is 17.7 Å². The molecule has 1 aliphatic rings. The molecule has 30 heavy (non-hydrogen) atoms. The first-order valence-corrected chi connectivity index (χ1v) is 10.4. The molecule has 6 heteroatoms. The zero-order valence-electron chi connectivity index (χ0n) is 17.9. The van der Waals surface area contributed by atoms with Crippen molar-refractivity contribution < 1.29 is 13.9 Å². The standard InChI is InChI=1S/C24H30FN3O2/c1-24(2,3)30-23(29)28-22-11-7-18-6-10-20(16-21(18)22)27-15-14-26-13-12-17-4-8-19(25)9-5-17/h4-6,8-10,15-16,22,26H,7,11-14H2,1-3H3,(H,28,29). The largest absolute Gasteiger partial charge is 0.444 e. The van der Waals surface area contributed by atoms with Gasteiger partial charge >= 0.3 is 6.09 Å². The van der Waals surface area contributed by atoms with Gasteiger partial charge in [-0.3, -0.25) is 4.99 Å². The van der Waals surface area contributed by atoms with Crippen molar-refractivity contribution >= 4 is 18.0 Å². The number of hydrogen-bond acceptors (Lipinski definition) is 4. The van der Waals surface area contributed by atoms with Gasteiger partial charge in [0.15, 0.2) is 0 Å². The Morgan fingerprint density at radius 2 is 2.00 bits per heavy atom. The molecule has 1 unspecified atom stereocenters. The SMILES string of the molecule is CC(C)(C)OC(=O)NC1CCc2ccc(N=CCNCCc3ccc(F)cc3)cc21. The molecule has 0 fully saturated rings. The van der Waals surface area contributed by atoms with Crippen molar-refractivity contribution in [2.75, 3.05) is 13.1 Å². The van der Waals surface area contributed by atoms with Crippen LogP contribution >= 0.6 is 0 Å². The van der Waals surface area contributed by atoms with Crippen LogP contribution in [0.15, 0.2) is 47.5 Å². The van der Waals surface area contributed by atoms with Crippen molar-refractivity contribution in [3.8, 4) is 0 Å². The number of carbonyl (C=O) groups is 1. The molecule has 0 radical (unpaired) electrons. The molecule has 1 atom stereocenters. The summed E-state index contributed by atoms with van der Waals surface area (Å²) in [5, 5.41) is 6.28. The number of fused-ring (bicyclic) bond motifs is 1. The van der Waals surface area contributed by atoms with Crippen molar-refractivity contribution in [3.05, 3.63) is 65.0 Å². The van der Waals surface area contributed by atoms with Gasteiger partial charge in [0.1, 0.15) is 11.4 Å². The molecule has 0 saturated heterocycles. The van der Waals surface area contributed by atoms with Crippen molar-refractivity contribution in [2.45, 2.75) is 51.7 Å². The molecule has 0 aliphatic heterocycles. The number of hydrogen-bond donors (Lipinski definition) is 2. The maximum atomic E-state index is 12.9. The third kappa shape index (κ3) is 6.66. The maximum absolute atomic E-state index is 12.9. The van der Waals surface area contributed by atoms with Crippen LogP contribution in [0.3, 0.4) is 0 Å². The van der Waals surface area contributed by atoms with Gasteiger partial charge in [0.25, 0.3) is 0 Å². The Balaban J connectivity index is 1.48. The number of nitrogens with zero attached hydrogens (tertiary/aromatic N) is 1. The topological polar surface area (TPSA) is 62.7 Å². The van der Waals surface area contributed by atoms with Gasteiger partial charge in [-0.2, -0.15) is 0 Å². The fourth-order valence-electron chi connectivity index (χ4n) is 3.47. The molecule has 0 spiro atoms. The molecular weight excluding hydrogens is 381 g/mol. The Bertz CT molecular complexity index is 888. The lowest BCUT2D eigenvalue weighted by atomic mass is 10.1. The van der Waals surface area contributed by atoms with E-state index in [1.807, 2.05) is 39.1 Å². The van der Waals surface area contributed by atoms with Crippen molar-refractivity contribution in [1.82, 2.24) is 10.6 Å². The van der Waals surface area contributed by atoms with Crippen LogP contribution in [0.1, 0.15) is 49.9 Å². The number of carbonyl (C=O) groups excluding carboxylic acids is 1. The number of aliphatic imine (C=N–C) groups is 1. The molecule has 2 aromatic rings. The minimum Gasteiger partial charge on any atom is -0.444 e. The summed E-state index contributed by atoms with van der Waals surface area (Å²) < 4.78 is 18.3. The van der Waals surface area contributed by atoms with Crippen LogP contribution in [0, 0.1) is 5.82 Å². The first kappa shape index (κ1) is 22.0. The van der Waals surface area contributed by atoms with Crippen LogP contribution in [-0.2, 0) is 17.6 Å². The van der Waals surface area contributed by atoms with Gasteiger partial charge in [-0.15, -0.1) is 0 Å². The Morgan fingerprint density at radius 3 is 2.73 bits per heavy atom. The summed E-state index contributed by atoms with van der Waals surface area (Å²) in [6, 6.07) is 12.7. The Labute approximate surface area is 177 Å². The van der Waals surface area contributed by atoms with Gasteiger partial charge in [0.2, 0.25) is 0 Å². The summed E-state index contributed by atoms with van der Waals surface area (Å²) in [4.78, 5) is 16.6. The summed E-state index contributed by atoms with van der Waals surface area (Å²) >= 11 is 0. The normalized spacial score (nSPS) is 15.9. The number of ether oxygens (including phenoxy) is 1. The lowest BCUT2D eigenvalue weighted by molar-refractivity contribution is 0.0503. The highest BCUT2D eigenvalue weighted by Crippen LogP contribution is 2.34. The summed E-state index contributed by atoms with van der Waals surface area (Å²) in [6.45, 7) is 7.02. The van der Waals surface area contributed by atoms with E-state index in [9.17, 15) is 9.18 Å². The fraction of sp³-hybridized carbons (Fsp3) is 0.417. The van der Waals surface area contributed by atoms with Crippen LogP contribution in [0.4, 0.5) is 14.9 Å². The zero-order chi connectivity index (χ0) is 21.6. The van der Waals surface area contributed by atoms with E-state index in [4.69, 9.17) is 4.74 Å². The number of amides is 1. The minimum atomic E-state index is -0.513. The van der Waals surface area contributed by atoms with Gasteiger partial charge in [-0.1, -0.05) is 18.2 Å². The molecular formula is C24H30FN3O2.